The summed E-state index contributed by atoms with van der Waals surface area (Å²) < 4.78 is 0. The van der Waals surface area contributed by atoms with Crippen LogP contribution < -0.4 is 5.73 Å². The van der Waals surface area contributed by atoms with E-state index in [2.05, 4.69) is 12.1 Å². The third-order valence-corrected chi connectivity index (χ3v) is 3.08. The Morgan fingerprint density at radius 3 is 2.81 bits per heavy atom. The van der Waals surface area contributed by atoms with Crippen LogP contribution in [0.3, 0.4) is 0 Å². The molecule has 0 aromatic heterocycles. The summed E-state index contributed by atoms with van der Waals surface area (Å²) in [6, 6.07) is 0. The standard InChI is InChI=1S/C11H21N3O2/c1-3-4-9(10(12)13-16)11(15)14-6-5-8(2)7-14/h8-9,16H,3-7H2,1-2H3,(H2,12,13). The van der Waals surface area contributed by atoms with E-state index in [1.807, 2.05) is 11.8 Å². The lowest BCUT2D eigenvalue weighted by molar-refractivity contribution is -0.132. The summed E-state index contributed by atoms with van der Waals surface area (Å²) in [6.45, 7) is 5.69. The highest BCUT2D eigenvalue weighted by atomic mass is 16.4. The maximum absolute atomic E-state index is 12.1. The second-order valence-corrected chi connectivity index (χ2v) is 4.54. The third kappa shape index (κ3) is 2.87. The van der Waals surface area contributed by atoms with Crippen molar-refractivity contribution in [1.29, 1.82) is 0 Å². The molecule has 1 aliphatic rings. The van der Waals surface area contributed by atoms with Crippen LogP contribution in [0.15, 0.2) is 5.16 Å². The van der Waals surface area contributed by atoms with Crippen molar-refractivity contribution in [3.8, 4) is 0 Å². The zero-order chi connectivity index (χ0) is 12.1. The maximum atomic E-state index is 12.1. The molecule has 1 heterocycles. The van der Waals surface area contributed by atoms with Gasteiger partial charge in [-0.25, -0.2) is 0 Å². The number of carbonyl (C=O) groups excluding carboxylic acids is 1. The third-order valence-electron chi connectivity index (χ3n) is 3.08. The number of rotatable bonds is 4. The zero-order valence-electron chi connectivity index (χ0n) is 10.0. The second kappa shape index (κ2) is 5.72. The van der Waals surface area contributed by atoms with E-state index in [9.17, 15) is 4.79 Å². The SMILES string of the molecule is CCCC(C(=O)N1CCC(C)C1)C(N)=NO. The van der Waals surface area contributed by atoms with Crippen LogP contribution in [0.1, 0.15) is 33.1 Å². The Hall–Kier alpha value is -1.26. The molecule has 5 nitrogen and oxygen atoms in total. The van der Waals surface area contributed by atoms with Gasteiger partial charge in [0.25, 0.3) is 0 Å². The lowest BCUT2D eigenvalue weighted by Gasteiger charge is -2.22. The van der Waals surface area contributed by atoms with E-state index in [4.69, 9.17) is 10.9 Å². The predicted molar refractivity (Wildman–Crippen MR) is 62.2 cm³/mol. The molecule has 2 atom stereocenters. The van der Waals surface area contributed by atoms with E-state index in [-0.39, 0.29) is 11.7 Å². The van der Waals surface area contributed by atoms with E-state index in [1.165, 1.54) is 0 Å². The van der Waals surface area contributed by atoms with Gasteiger partial charge in [-0.3, -0.25) is 4.79 Å². The van der Waals surface area contributed by atoms with Gasteiger partial charge in [0, 0.05) is 13.1 Å². The summed E-state index contributed by atoms with van der Waals surface area (Å²) in [6.07, 6.45) is 2.52. The lowest BCUT2D eigenvalue weighted by Crippen LogP contribution is -2.40. The van der Waals surface area contributed by atoms with Gasteiger partial charge in [-0.05, 0) is 18.8 Å². The Bertz CT molecular complexity index is 278. The van der Waals surface area contributed by atoms with Crippen LogP contribution in [-0.4, -0.2) is 34.9 Å². The molecule has 1 aliphatic heterocycles. The summed E-state index contributed by atoms with van der Waals surface area (Å²) in [4.78, 5) is 14.0. The average molecular weight is 227 g/mol. The Labute approximate surface area is 96.3 Å². The number of hydrogen-bond acceptors (Lipinski definition) is 3. The molecule has 0 aromatic rings. The minimum atomic E-state index is -0.458. The van der Waals surface area contributed by atoms with E-state index in [0.717, 1.165) is 25.9 Å². The molecule has 5 heteroatoms. The van der Waals surface area contributed by atoms with Crippen LogP contribution >= 0.6 is 0 Å². The van der Waals surface area contributed by atoms with Crippen LogP contribution in [-0.2, 0) is 4.79 Å². The van der Waals surface area contributed by atoms with Crippen LogP contribution in [0.25, 0.3) is 0 Å². The topological polar surface area (TPSA) is 78.9 Å². The molecule has 0 aromatic carbocycles. The number of nitrogens with zero attached hydrogens (tertiary/aromatic N) is 2. The monoisotopic (exact) mass is 227 g/mol. The van der Waals surface area contributed by atoms with Gasteiger partial charge in [0.2, 0.25) is 5.91 Å². The minimum Gasteiger partial charge on any atom is -0.409 e. The number of carbonyl (C=O) groups is 1. The van der Waals surface area contributed by atoms with Crippen molar-refractivity contribution in [3.05, 3.63) is 0 Å². The number of amidine groups is 1. The molecule has 0 saturated carbocycles. The van der Waals surface area contributed by atoms with E-state index in [0.29, 0.717) is 12.3 Å². The number of oxime groups is 1. The molecular formula is C11H21N3O2. The van der Waals surface area contributed by atoms with Gasteiger partial charge in [0.05, 0.1) is 5.92 Å². The first-order valence-electron chi connectivity index (χ1n) is 5.86. The minimum absolute atomic E-state index is 0.00139. The fraction of sp³-hybridized carbons (Fsp3) is 0.818. The first kappa shape index (κ1) is 12.8. The highest BCUT2D eigenvalue weighted by Gasteiger charge is 2.30. The second-order valence-electron chi connectivity index (χ2n) is 4.54. The smallest absolute Gasteiger partial charge is 0.233 e. The largest absolute Gasteiger partial charge is 0.409 e. The quantitative estimate of drug-likeness (QED) is 0.326. The van der Waals surface area contributed by atoms with Gasteiger partial charge in [0.1, 0.15) is 0 Å². The van der Waals surface area contributed by atoms with Crippen LogP contribution in [0, 0.1) is 11.8 Å². The molecule has 1 saturated heterocycles. The number of nitrogens with two attached hydrogens (primary N) is 1. The number of hydrogen-bond donors (Lipinski definition) is 2. The van der Waals surface area contributed by atoms with Gasteiger partial charge in [-0.15, -0.1) is 0 Å². The molecule has 0 bridgehead atoms. The van der Waals surface area contributed by atoms with Gasteiger partial charge in [-0.1, -0.05) is 25.4 Å². The molecule has 2 unspecified atom stereocenters. The van der Waals surface area contributed by atoms with Crippen molar-refractivity contribution in [1.82, 2.24) is 4.90 Å². The van der Waals surface area contributed by atoms with Crippen molar-refractivity contribution in [2.45, 2.75) is 33.1 Å². The summed E-state index contributed by atoms with van der Waals surface area (Å²) >= 11 is 0. The normalized spacial score (nSPS) is 23.5. The van der Waals surface area contributed by atoms with Crippen molar-refractivity contribution >= 4 is 11.7 Å². The van der Waals surface area contributed by atoms with Crippen molar-refractivity contribution in [2.24, 2.45) is 22.7 Å². The first-order valence-corrected chi connectivity index (χ1v) is 5.86. The molecule has 92 valence electrons. The summed E-state index contributed by atoms with van der Waals surface area (Å²) in [7, 11) is 0. The Kier molecular flexibility index (Phi) is 4.58. The molecule has 3 N–H and O–H groups in total. The first-order chi connectivity index (χ1) is 7.60. The number of amides is 1. The van der Waals surface area contributed by atoms with Gasteiger partial charge >= 0.3 is 0 Å². The average Bonchev–Trinajstić information content (AvgIpc) is 2.71. The fourth-order valence-electron chi connectivity index (χ4n) is 2.11. The van der Waals surface area contributed by atoms with Crippen LogP contribution in [0.5, 0.6) is 0 Å². The zero-order valence-corrected chi connectivity index (χ0v) is 10.0. The molecule has 16 heavy (non-hydrogen) atoms. The van der Waals surface area contributed by atoms with E-state index < -0.39 is 5.92 Å². The van der Waals surface area contributed by atoms with Crippen molar-refractivity contribution < 1.29 is 10.0 Å². The molecule has 1 rings (SSSR count). The summed E-state index contributed by atoms with van der Waals surface area (Å²) in [5.41, 5.74) is 5.56. The van der Waals surface area contributed by atoms with Gasteiger partial charge in [0.15, 0.2) is 5.84 Å². The van der Waals surface area contributed by atoms with Crippen LogP contribution in [0.4, 0.5) is 0 Å². The maximum Gasteiger partial charge on any atom is 0.233 e. The summed E-state index contributed by atoms with van der Waals surface area (Å²) in [5.74, 6) is 0.131. The Balaban J connectivity index is 2.67. The van der Waals surface area contributed by atoms with Crippen LogP contribution in [0.2, 0.25) is 0 Å². The lowest BCUT2D eigenvalue weighted by atomic mass is 10.0. The summed E-state index contributed by atoms with van der Waals surface area (Å²) in [5, 5.41) is 11.6. The van der Waals surface area contributed by atoms with Crippen molar-refractivity contribution in [2.75, 3.05) is 13.1 Å². The highest BCUT2D eigenvalue weighted by molar-refractivity contribution is 6.02. The number of likely N-dealkylation sites (tertiary alicyclic amines) is 1. The molecule has 0 aliphatic carbocycles. The van der Waals surface area contributed by atoms with E-state index in [1.54, 1.807) is 0 Å². The highest BCUT2D eigenvalue weighted by Crippen LogP contribution is 2.19. The Morgan fingerprint density at radius 1 is 1.69 bits per heavy atom. The van der Waals surface area contributed by atoms with E-state index >= 15 is 0 Å². The molecule has 0 radical (unpaired) electrons. The molecular weight excluding hydrogens is 206 g/mol. The predicted octanol–water partition coefficient (Wildman–Crippen LogP) is 1.02. The molecule has 1 fully saturated rings. The van der Waals surface area contributed by atoms with Gasteiger partial charge in [-0.2, -0.15) is 0 Å². The van der Waals surface area contributed by atoms with Crippen molar-refractivity contribution in [3.63, 3.8) is 0 Å². The molecule has 1 amide bonds. The van der Waals surface area contributed by atoms with Gasteiger partial charge < -0.3 is 15.8 Å². The molecule has 0 spiro atoms. The fourth-order valence-corrected chi connectivity index (χ4v) is 2.11. The Morgan fingerprint density at radius 2 is 2.38 bits per heavy atom.